The van der Waals surface area contributed by atoms with Crippen LogP contribution in [0.3, 0.4) is 0 Å². The molecular weight excluding hydrogens is 262 g/mol. The van der Waals surface area contributed by atoms with Crippen molar-refractivity contribution in [2.75, 3.05) is 0 Å². The van der Waals surface area contributed by atoms with E-state index in [-0.39, 0.29) is 6.04 Å². The summed E-state index contributed by atoms with van der Waals surface area (Å²) in [4.78, 5) is 1.17. The quantitative estimate of drug-likeness (QED) is 0.930. The highest BCUT2D eigenvalue weighted by Crippen LogP contribution is 2.27. The first kappa shape index (κ1) is 9.96. The minimum atomic E-state index is 0.0254. The molecule has 2 heterocycles. The fourth-order valence-corrected chi connectivity index (χ4v) is 2.70. The van der Waals surface area contributed by atoms with Crippen LogP contribution < -0.4 is 5.73 Å². The van der Waals surface area contributed by atoms with Gasteiger partial charge in [0, 0.05) is 17.3 Å². The highest BCUT2D eigenvalue weighted by atomic mass is 79.9. The second kappa shape index (κ2) is 4.29. The van der Waals surface area contributed by atoms with Crippen molar-refractivity contribution in [2.24, 2.45) is 5.73 Å². The van der Waals surface area contributed by atoms with Crippen LogP contribution in [0.2, 0.25) is 0 Å². The molecule has 0 aliphatic heterocycles. The zero-order chi connectivity index (χ0) is 9.97. The SMILES string of the molecule is NC(Cc1ccco1)c1ccc(Br)s1. The largest absolute Gasteiger partial charge is 0.469 e. The number of hydrogen-bond acceptors (Lipinski definition) is 3. The van der Waals surface area contributed by atoms with E-state index in [1.54, 1.807) is 17.6 Å². The molecular formula is C10H10BrNOS. The Morgan fingerprint density at radius 1 is 1.43 bits per heavy atom. The fourth-order valence-electron chi connectivity index (χ4n) is 1.27. The van der Waals surface area contributed by atoms with E-state index in [1.807, 2.05) is 24.3 Å². The fraction of sp³-hybridized carbons (Fsp3) is 0.200. The molecule has 14 heavy (non-hydrogen) atoms. The summed E-state index contributed by atoms with van der Waals surface area (Å²) in [5.74, 6) is 0.932. The average molecular weight is 272 g/mol. The maximum absolute atomic E-state index is 6.03. The van der Waals surface area contributed by atoms with Gasteiger partial charge >= 0.3 is 0 Å². The second-order valence-corrected chi connectivity index (χ2v) is 5.53. The Morgan fingerprint density at radius 3 is 2.86 bits per heavy atom. The molecule has 1 atom stereocenters. The van der Waals surface area contributed by atoms with Gasteiger partial charge in [0.05, 0.1) is 10.0 Å². The van der Waals surface area contributed by atoms with Crippen molar-refractivity contribution >= 4 is 27.3 Å². The molecule has 0 bridgehead atoms. The van der Waals surface area contributed by atoms with Crippen molar-refractivity contribution in [3.63, 3.8) is 0 Å². The van der Waals surface area contributed by atoms with Crippen LogP contribution >= 0.6 is 27.3 Å². The molecule has 0 amide bonds. The average Bonchev–Trinajstić information content (AvgIpc) is 2.75. The number of halogens is 1. The highest BCUT2D eigenvalue weighted by molar-refractivity contribution is 9.11. The first-order chi connectivity index (χ1) is 6.75. The smallest absolute Gasteiger partial charge is 0.105 e. The minimum Gasteiger partial charge on any atom is -0.469 e. The monoisotopic (exact) mass is 271 g/mol. The maximum Gasteiger partial charge on any atom is 0.105 e. The molecule has 1 unspecified atom stereocenters. The summed E-state index contributed by atoms with van der Waals surface area (Å²) in [6, 6.07) is 7.91. The molecule has 2 rings (SSSR count). The molecule has 0 saturated heterocycles. The van der Waals surface area contributed by atoms with Gasteiger partial charge in [0.15, 0.2) is 0 Å². The van der Waals surface area contributed by atoms with Crippen molar-refractivity contribution < 1.29 is 4.42 Å². The van der Waals surface area contributed by atoms with Gasteiger partial charge in [-0.25, -0.2) is 0 Å². The number of furan rings is 1. The zero-order valence-electron chi connectivity index (χ0n) is 7.44. The van der Waals surface area contributed by atoms with Gasteiger partial charge in [-0.05, 0) is 40.2 Å². The summed E-state index contributed by atoms with van der Waals surface area (Å²) >= 11 is 5.09. The zero-order valence-corrected chi connectivity index (χ0v) is 9.85. The summed E-state index contributed by atoms with van der Waals surface area (Å²) in [6.45, 7) is 0. The van der Waals surface area contributed by atoms with Crippen molar-refractivity contribution in [1.29, 1.82) is 0 Å². The minimum absolute atomic E-state index is 0.0254. The van der Waals surface area contributed by atoms with Gasteiger partial charge < -0.3 is 10.2 Å². The summed E-state index contributed by atoms with van der Waals surface area (Å²) in [6.07, 6.45) is 2.42. The third kappa shape index (κ3) is 2.26. The molecule has 2 N–H and O–H groups in total. The molecule has 2 nitrogen and oxygen atoms in total. The van der Waals surface area contributed by atoms with Gasteiger partial charge in [-0.2, -0.15) is 0 Å². The Morgan fingerprint density at radius 2 is 2.29 bits per heavy atom. The Bertz CT molecular complexity index is 396. The Kier molecular flexibility index (Phi) is 3.05. The van der Waals surface area contributed by atoms with Crippen LogP contribution in [0.15, 0.2) is 38.7 Å². The highest BCUT2D eigenvalue weighted by Gasteiger charge is 2.10. The predicted molar refractivity (Wildman–Crippen MR) is 61.4 cm³/mol. The van der Waals surface area contributed by atoms with Crippen LogP contribution in [-0.2, 0) is 6.42 Å². The van der Waals surface area contributed by atoms with Gasteiger partial charge in [-0.3, -0.25) is 0 Å². The van der Waals surface area contributed by atoms with E-state index in [9.17, 15) is 0 Å². The lowest BCUT2D eigenvalue weighted by atomic mass is 10.1. The maximum atomic E-state index is 6.03. The summed E-state index contributed by atoms with van der Waals surface area (Å²) in [5.41, 5.74) is 6.03. The van der Waals surface area contributed by atoms with E-state index in [0.717, 1.165) is 16.0 Å². The number of rotatable bonds is 3. The first-order valence-corrected chi connectivity index (χ1v) is 5.90. The van der Waals surface area contributed by atoms with Crippen LogP contribution in [0.25, 0.3) is 0 Å². The molecule has 2 aromatic rings. The molecule has 0 aliphatic carbocycles. The van der Waals surface area contributed by atoms with Crippen LogP contribution in [0.4, 0.5) is 0 Å². The van der Waals surface area contributed by atoms with Gasteiger partial charge in [0.2, 0.25) is 0 Å². The lowest BCUT2D eigenvalue weighted by molar-refractivity contribution is 0.490. The Labute approximate surface area is 94.9 Å². The predicted octanol–water partition coefficient (Wildman–Crippen LogP) is 3.35. The Balaban J connectivity index is 2.06. The van der Waals surface area contributed by atoms with E-state index in [0.29, 0.717) is 0 Å². The summed E-state index contributed by atoms with van der Waals surface area (Å²) < 4.78 is 6.36. The molecule has 0 fully saturated rings. The van der Waals surface area contributed by atoms with E-state index in [4.69, 9.17) is 10.2 Å². The second-order valence-electron chi connectivity index (χ2n) is 3.03. The third-order valence-corrected chi connectivity index (χ3v) is 3.72. The van der Waals surface area contributed by atoms with E-state index >= 15 is 0 Å². The van der Waals surface area contributed by atoms with E-state index in [2.05, 4.69) is 15.9 Å². The molecule has 0 aromatic carbocycles. The summed E-state index contributed by atoms with van der Waals surface area (Å²) in [5, 5.41) is 0. The molecule has 0 radical (unpaired) electrons. The van der Waals surface area contributed by atoms with Crippen molar-refractivity contribution in [1.82, 2.24) is 0 Å². The molecule has 4 heteroatoms. The van der Waals surface area contributed by atoms with Gasteiger partial charge in [-0.1, -0.05) is 0 Å². The van der Waals surface area contributed by atoms with E-state index in [1.165, 1.54) is 4.88 Å². The molecule has 74 valence electrons. The van der Waals surface area contributed by atoms with Gasteiger partial charge in [0.25, 0.3) is 0 Å². The number of thiophene rings is 1. The summed E-state index contributed by atoms with van der Waals surface area (Å²) in [7, 11) is 0. The lowest BCUT2D eigenvalue weighted by Gasteiger charge is -2.06. The molecule has 0 saturated carbocycles. The van der Waals surface area contributed by atoms with Gasteiger partial charge in [-0.15, -0.1) is 11.3 Å². The molecule has 0 spiro atoms. The topological polar surface area (TPSA) is 39.2 Å². The molecule has 2 aromatic heterocycles. The normalized spacial score (nSPS) is 13.0. The molecule has 0 aliphatic rings. The van der Waals surface area contributed by atoms with Gasteiger partial charge in [0.1, 0.15) is 5.76 Å². The van der Waals surface area contributed by atoms with Crippen molar-refractivity contribution in [2.45, 2.75) is 12.5 Å². The lowest BCUT2D eigenvalue weighted by Crippen LogP contribution is -2.11. The van der Waals surface area contributed by atoms with Crippen LogP contribution in [-0.4, -0.2) is 0 Å². The van der Waals surface area contributed by atoms with Crippen LogP contribution in [0, 0.1) is 0 Å². The van der Waals surface area contributed by atoms with Crippen LogP contribution in [0.1, 0.15) is 16.7 Å². The van der Waals surface area contributed by atoms with Crippen LogP contribution in [0.5, 0.6) is 0 Å². The van der Waals surface area contributed by atoms with E-state index < -0.39 is 0 Å². The van der Waals surface area contributed by atoms with Crippen molar-refractivity contribution in [3.05, 3.63) is 45.0 Å². The standard InChI is InChI=1S/C10H10BrNOS/c11-10-4-3-9(14-10)8(12)6-7-2-1-5-13-7/h1-5,8H,6,12H2. The third-order valence-electron chi connectivity index (χ3n) is 1.96. The van der Waals surface area contributed by atoms with Crippen molar-refractivity contribution in [3.8, 4) is 0 Å². The Hall–Kier alpha value is -0.580. The first-order valence-electron chi connectivity index (χ1n) is 4.29. The number of nitrogens with two attached hydrogens (primary N) is 1. The number of hydrogen-bond donors (Lipinski definition) is 1.